The van der Waals surface area contributed by atoms with Gasteiger partial charge in [0.05, 0.1) is 12.5 Å². The first kappa shape index (κ1) is 57.1. The topological polar surface area (TPSA) is 19.0 Å². The Morgan fingerprint density at radius 1 is 0.311 bits per heavy atom. The van der Waals surface area contributed by atoms with Crippen LogP contribution in [0.5, 0.6) is 11.5 Å². The molecule has 106 heavy (non-hydrogen) atoms. The molecule has 0 atom stereocenters. The molecule has 4 heterocycles. The van der Waals surface area contributed by atoms with Gasteiger partial charge in [0.1, 0.15) is 11.5 Å². The lowest BCUT2D eigenvalue weighted by molar-refractivity contribution is 0.488. The van der Waals surface area contributed by atoms with Crippen molar-refractivity contribution in [3.63, 3.8) is 0 Å². The highest BCUT2D eigenvalue weighted by Gasteiger charge is 2.50. The minimum Gasteiger partial charge on any atom is -0.458 e. The van der Waals surface area contributed by atoms with E-state index in [1.54, 1.807) is 0 Å². The van der Waals surface area contributed by atoms with Gasteiger partial charge in [0.25, 0.3) is 13.4 Å². The third-order valence-electron chi connectivity index (χ3n) is 23.9. The Hall–Kier alpha value is -12.4. The van der Waals surface area contributed by atoms with Crippen LogP contribution < -0.4 is 52.2 Å². The summed E-state index contributed by atoms with van der Waals surface area (Å²) in [4.78, 5) is 7.50. The molecule has 15 aromatic carbocycles. The quantitative estimate of drug-likeness (QED) is 0.141. The Morgan fingerprint density at radius 3 is 1.34 bits per heavy atom. The van der Waals surface area contributed by atoms with Crippen molar-refractivity contribution < 1.29 is 11.6 Å². The first-order valence-corrected chi connectivity index (χ1v) is 37.1. The number of benzene rings is 15. The summed E-state index contributed by atoms with van der Waals surface area (Å²) >= 11 is 0. The zero-order valence-corrected chi connectivity index (χ0v) is 60.2. The SMILES string of the molecule is [2H]c1c([2H])c([2H])c(-c2ccc(N3c4cc5c(cc4B4c6ccccc6N(c6c(-c7ccccc7)cc(C(C)(C)C)cc6-c6ccccc6)c6cc(-c7cccc8c7C(C)(C)c7ccccc7-8)cc3c64)B3c4ccccc4N(c4ccccc4)c4cc(-c6cccc7c6C(C)(C)c6ccccc6-7)cc(c43)O5)cc2)c([2H])c1[2H]. The summed E-state index contributed by atoms with van der Waals surface area (Å²) in [7, 11) is 0. The van der Waals surface area contributed by atoms with Gasteiger partial charge in [-0.05, 0) is 206 Å². The highest BCUT2D eigenvalue weighted by molar-refractivity contribution is 7.02. The molecule has 6 aliphatic rings. The number of rotatable bonds is 8. The number of para-hydroxylation sites is 3. The van der Waals surface area contributed by atoms with Gasteiger partial charge in [0, 0.05) is 73.5 Å². The molecule has 0 unspecified atom stereocenters. The maximum absolute atomic E-state index is 9.28. The highest BCUT2D eigenvalue weighted by atomic mass is 16.5. The summed E-state index contributed by atoms with van der Waals surface area (Å²) in [5.41, 5.74) is 35.7. The summed E-state index contributed by atoms with van der Waals surface area (Å²) in [6.45, 7) is 15.8. The highest BCUT2D eigenvalue weighted by Crippen LogP contribution is 2.58. The fraction of sp³-hybridized carbons (Fsp3) is 0.100. The van der Waals surface area contributed by atoms with Crippen molar-refractivity contribution in [2.24, 2.45) is 0 Å². The van der Waals surface area contributed by atoms with E-state index in [2.05, 4.69) is 348 Å². The van der Waals surface area contributed by atoms with E-state index in [0.29, 0.717) is 5.56 Å². The van der Waals surface area contributed by atoms with Gasteiger partial charge in [-0.1, -0.05) is 297 Å². The van der Waals surface area contributed by atoms with Gasteiger partial charge in [-0.2, -0.15) is 0 Å². The molecule has 15 aromatic rings. The zero-order valence-electron chi connectivity index (χ0n) is 65.2. The van der Waals surface area contributed by atoms with Crippen molar-refractivity contribution in [1.29, 1.82) is 0 Å². The van der Waals surface area contributed by atoms with Gasteiger partial charge >= 0.3 is 0 Å². The molecule has 0 radical (unpaired) electrons. The largest absolute Gasteiger partial charge is 0.458 e. The zero-order chi connectivity index (χ0) is 75.4. The number of hydrogen-bond donors (Lipinski definition) is 0. The Bertz CT molecular complexity index is 6420. The fourth-order valence-electron chi connectivity index (χ4n) is 19.2. The van der Waals surface area contributed by atoms with Gasteiger partial charge in [-0.3, -0.25) is 0 Å². The van der Waals surface area contributed by atoms with Crippen LogP contribution in [0, 0.1) is 0 Å². The van der Waals surface area contributed by atoms with Gasteiger partial charge in [-0.25, -0.2) is 0 Å². The van der Waals surface area contributed by atoms with Crippen LogP contribution in [0.3, 0.4) is 0 Å². The van der Waals surface area contributed by atoms with Crippen LogP contribution in [0.4, 0.5) is 51.2 Å². The Kier molecular flexibility index (Phi) is 12.4. The molecule has 4 nitrogen and oxygen atoms in total. The number of fused-ring (bicyclic) bond motifs is 14. The van der Waals surface area contributed by atoms with E-state index >= 15 is 0 Å². The summed E-state index contributed by atoms with van der Waals surface area (Å²) in [5, 5.41) is 0. The molecule has 502 valence electrons. The van der Waals surface area contributed by atoms with Crippen LogP contribution in [0.2, 0.25) is 0 Å². The summed E-state index contributed by atoms with van der Waals surface area (Å²) in [6.07, 6.45) is 0. The van der Waals surface area contributed by atoms with Crippen molar-refractivity contribution in [1.82, 2.24) is 0 Å². The molecule has 0 saturated carbocycles. The van der Waals surface area contributed by atoms with Gasteiger partial charge in [-0.15, -0.1) is 0 Å². The van der Waals surface area contributed by atoms with E-state index in [0.717, 1.165) is 135 Å². The van der Waals surface area contributed by atoms with Crippen LogP contribution in [-0.2, 0) is 16.2 Å². The van der Waals surface area contributed by atoms with Crippen LogP contribution >= 0.6 is 0 Å². The van der Waals surface area contributed by atoms with Gasteiger partial charge in [0.2, 0.25) is 0 Å². The van der Waals surface area contributed by atoms with Crippen LogP contribution in [0.25, 0.3) is 77.9 Å². The van der Waals surface area contributed by atoms with Gasteiger partial charge in [0.15, 0.2) is 0 Å². The minimum absolute atomic E-state index is 0.146. The van der Waals surface area contributed by atoms with Crippen LogP contribution in [0.15, 0.2) is 327 Å². The van der Waals surface area contributed by atoms with E-state index in [4.69, 9.17) is 8.85 Å². The third-order valence-corrected chi connectivity index (χ3v) is 23.9. The lowest BCUT2D eigenvalue weighted by atomic mass is 9.30. The van der Waals surface area contributed by atoms with Crippen molar-refractivity contribution in [2.45, 2.75) is 64.7 Å². The lowest BCUT2D eigenvalue weighted by Crippen LogP contribution is -2.64. The molecule has 0 spiro atoms. The Balaban J connectivity index is 0.877. The van der Waals surface area contributed by atoms with Gasteiger partial charge < -0.3 is 19.4 Å². The standard InChI is InChI=1S/C100H75B2N3O/c1-98(2,3)68-58-77(64-32-14-9-15-33-64)97(78(59-68)65-34-16-10-17-35-65)105-86-49-27-25-47-82(86)101-83-60-84-91(106-92-57-67(72-41-29-43-76-74-39-21-23-45-80(74)100(6,7)94(72)76)56-90-96(92)102(84)81-46-24-26-48-85(81)103(90)69-36-18-11-19-37-69)61-87(83)104(70-52-50-63(51-53-70)62-30-12-8-13-31-62)88-54-66(55-89(105)95(88)101)71-40-28-42-75-73-38-20-22-44-79(73)99(4,5)93(71)75/h8-61H,1-7H3/i8D,12D,13D,30D,31D. The summed E-state index contributed by atoms with van der Waals surface area (Å²) in [6, 6.07) is 108. The maximum Gasteiger partial charge on any atom is 0.256 e. The first-order chi connectivity index (χ1) is 53.8. The van der Waals surface area contributed by atoms with E-state index in [9.17, 15) is 2.74 Å². The van der Waals surface area contributed by atoms with E-state index < -0.39 is 6.04 Å². The fourth-order valence-corrected chi connectivity index (χ4v) is 19.2. The molecule has 6 heteroatoms. The maximum atomic E-state index is 9.28. The number of hydrogen-bond acceptors (Lipinski definition) is 4. The number of anilines is 9. The average Bonchev–Trinajstić information content (AvgIpc) is 1.11. The average molecular weight is 1360 g/mol. The molecule has 21 rings (SSSR count). The number of ether oxygens (including phenoxy) is 1. The third kappa shape index (κ3) is 9.10. The molecule has 0 fully saturated rings. The molecule has 2 aliphatic carbocycles. The molecule has 0 saturated heterocycles. The molecule has 4 aliphatic heterocycles. The van der Waals surface area contributed by atoms with Crippen LogP contribution in [-0.4, -0.2) is 13.4 Å². The molecule has 0 aromatic heterocycles. The van der Waals surface area contributed by atoms with Crippen molar-refractivity contribution in [3.05, 3.63) is 355 Å². The summed E-state index contributed by atoms with van der Waals surface area (Å²) < 4.78 is 52.8. The second-order valence-electron chi connectivity index (χ2n) is 31.5. The molecule has 0 N–H and O–H groups in total. The molecule has 0 bridgehead atoms. The van der Waals surface area contributed by atoms with Crippen molar-refractivity contribution in [2.75, 3.05) is 14.7 Å². The second kappa shape index (κ2) is 23.1. The molecule has 0 amide bonds. The Labute approximate surface area is 629 Å². The van der Waals surface area contributed by atoms with Crippen molar-refractivity contribution >= 4 is 97.4 Å². The smallest absolute Gasteiger partial charge is 0.256 e. The van der Waals surface area contributed by atoms with E-state index in [-0.39, 0.29) is 59.4 Å². The predicted molar refractivity (Wildman–Crippen MR) is 447 cm³/mol. The second-order valence-corrected chi connectivity index (χ2v) is 31.5. The number of nitrogens with zero attached hydrogens (tertiary/aromatic N) is 3. The Morgan fingerprint density at radius 2 is 0.764 bits per heavy atom. The van der Waals surface area contributed by atoms with E-state index in [1.165, 1.54) is 55.5 Å². The van der Waals surface area contributed by atoms with Crippen molar-refractivity contribution in [3.8, 4) is 89.4 Å². The summed E-state index contributed by atoms with van der Waals surface area (Å²) in [5.74, 6) is 1.53. The predicted octanol–water partition coefficient (Wildman–Crippen LogP) is 22.4. The van der Waals surface area contributed by atoms with E-state index in [1.807, 2.05) is 12.1 Å². The lowest BCUT2D eigenvalue weighted by Gasteiger charge is -2.46. The normalized spacial score (nSPS) is 15.2. The monoisotopic (exact) mass is 1360 g/mol. The van der Waals surface area contributed by atoms with Crippen LogP contribution in [0.1, 0.15) is 83.1 Å². The first-order valence-electron chi connectivity index (χ1n) is 39.6. The molecular formula is C100H75B2N3O. The molecular weight excluding hydrogens is 1280 g/mol. The minimum atomic E-state index is -0.428.